The quantitative estimate of drug-likeness (QED) is 0.847. The van der Waals surface area contributed by atoms with Crippen LogP contribution >= 0.6 is 0 Å². The van der Waals surface area contributed by atoms with Crippen LogP contribution in [0.2, 0.25) is 0 Å². The predicted octanol–water partition coefficient (Wildman–Crippen LogP) is 2.23. The lowest BCUT2D eigenvalue weighted by Gasteiger charge is -2.21. The molecule has 5 nitrogen and oxygen atoms in total. The van der Waals surface area contributed by atoms with Crippen molar-refractivity contribution in [2.24, 2.45) is 0 Å². The molecular weight excluding hydrogens is 278 g/mol. The van der Waals surface area contributed by atoms with Gasteiger partial charge in [0.15, 0.2) is 0 Å². The molecule has 120 valence electrons. The summed E-state index contributed by atoms with van der Waals surface area (Å²) in [6.07, 6.45) is 2.24. The number of hydrogen-bond acceptors (Lipinski definition) is 3. The monoisotopic (exact) mass is 303 g/mol. The summed E-state index contributed by atoms with van der Waals surface area (Å²) in [7, 11) is 1.50. The molecule has 0 heterocycles. The normalized spacial score (nSPS) is 14.2. The van der Waals surface area contributed by atoms with E-state index in [4.69, 9.17) is 0 Å². The van der Waals surface area contributed by atoms with E-state index in [0.29, 0.717) is 12.0 Å². The lowest BCUT2D eigenvalue weighted by Crippen LogP contribution is -2.43. The summed E-state index contributed by atoms with van der Waals surface area (Å²) < 4.78 is 0. The maximum absolute atomic E-state index is 11.9. The van der Waals surface area contributed by atoms with Gasteiger partial charge in [-0.3, -0.25) is 15.0 Å². The van der Waals surface area contributed by atoms with E-state index in [2.05, 4.69) is 53.6 Å². The van der Waals surface area contributed by atoms with Crippen molar-refractivity contribution in [3.63, 3.8) is 0 Å². The maximum Gasteiger partial charge on any atom is 0.321 e. The third kappa shape index (κ3) is 4.84. The second kappa shape index (κ2) is 7.40. The van der Waals surface area contributed by atoms with Gasteiger partial charge < -0.3 is 5.32 Å². The Morgan fingerprint density at radius 3 is 2.36 bits per heavy atom. The average Bonchev–Trinajstić information content (AvgIpc) is 3.31. The molecule has 22 heavy (non-hydrogen) atoms. The smallest absolute Gasteiger partial charge is 0.321 e. The van der Waals surface area contributed by atoms with Gasteiger partial charge in [-0.25, -0.2) is 4.79 Å². The molecule has 0 unspecified atom stereocenters. The largest absolute Gasteiger partial charge is 0.341 e. The SMILES string of the molecule is CNC(=O)NC(=O)CN(Cc1ccc(C(C)C)cc1)C1CC1. The number of carbonyl (C=O) groups excluding carboxylic acids is 2. The fourth-order valence-corrected chi connectivity index (χ4v) is 2.41. The van der Waals surface area contributed by atoms with Gasteiger partial charge in [-0.1, -0.05) is 38.1 Å². The summed E-state index contributed by atoms with van der Waals surface area (Å²) in [6, 6.07) is 8.55. The molecule has 0 bridgehead atoms. The van der Waals surface area contributed by atoms with Crippen molar-refractivity contribution < 1.29 is 9.59 Å². The fraction of sp³-hybridized carbons (Fsp3) is 0.529. The third-order valence-corrected chi connectivity index (χ3v) is 3.92. The standard InChI is InChI=1S/C17H25N3O2/c1-12(2)14-6-4-13(5-7-14)10-20(15-8-9-15)11-16(21)19-17(22)18-3/h4-7,12,15H,8-11H2,1-3H3,(H2,18,19,21,22). The van der Waals surface area contributed by atoms with E-state index in [1.165, 1.54) is 18.2 Å². The van der Waals surface area contributed by atoms with Crippen LogP contribution in [0.25, 0.3) is 0 Å². The zero-order valence-electron chi connectivity index (χ0n) is 13.6. The van der Waals surface area contributed by atoms with E-state index < -0.39 is 6.03 Å². The minimum Gasteiger partial charge on any atom is -0.341 e. The Kier molecular flexibility index (Phi) is 5.55. The van der Waals surface area contributed by atoms with E-state index in [9.17, 15) is 9.59 Å². The molecule has 1 saturated carbocycles. The molecule has 2 rings (SSSR count). The second-order valence-electron chi connectivity index (χ2n) is 6.16. The van der Waals surface area contributed by atoms with Crippen LogP contribution in [0.4, 0.5) is 4.79 Å². The topological polar surface area (TPSA) is 61.4 Å². The zero-order chi connectivity index (χ0) is 16.1. The van der Waals surface area contributed by atoms with E-state index in [-0.39, 0.29) is 12.5 Å². The van der Waals surface area contributed by atoms with Gasteiger partial charge >= 0.3 is 6.03 Å². The minimum atomic E-state index is -0.456. The Morgan fingerprint density at radius 1 is 1.23 bits per heavy atom. The van der Waals surface area contributed by atoms with Gasteiger partial charge in [-0.05, 0) is 29.9 Å². The summed E-state index contributed by atoms with van der Waals surface area (Å²) in [6.45, 7) is 5.34. The van der Waals surface area contributed by atoms with Crippen molar-refractivity contribution in [1.29, 1.82) is 0 Å². The van der Waals surface area contributed by atoms with Crippen molar-refractivity contribution in [2.75, 3.05) is 13.6 Å². The van der Waals surface area contributed by atoms with Crippen LogP contribution in [0.5, 0.6) is 0 Å². The van der Waals surface area contributed by atoms with Crippen LogP contribution in [0.1, 0.15) is 43.7 Å². The van der Waals surface area contributed by atoms with Crippen LogP contribution in [0, 0.1) is 0 Å². The first-order valence-electron chi connectivity index (χ1n) is 7.84. The number of hydrogen-bond donors (Lipinski definition) is 2. The van der Waals surface area contributed by atoms with Gasteiger partial charge in [0.1, 0.15) is 0 Å². The van der Waals surface area contributed by atoms with E-state index in [0.717, 1.165) is 19.4 Å². The van der Waals surface area contributed by atoms with Gasteiger partial charge in [0.2, 0.25) is 5.91 Å². The first-order chi connectivity index (χ1) is 10.5. The lowest BCUT2D eigenvalue weighted by atomic mass is 10.0. The Morgan fingerprint density at radius 2 is 1.86 bits per heavy atom. The van der Waals surface area contributed by atoms with E-state index >= 15 is 0 Å². The Hall–Kier alpha value is -1.88. The summed E-state index contributed by atoms with van der Waals surface area (Å²) >= 11 is 0. The van der Waals surface area contributed by atoms with Gasteiger partial charge in [0.25, 0.3) is 0 Å². The molecule has 0 aliphatic heterocycles. The zero-order valence-corrected chi connectivity index (χ0v) is 13.6. The van der Waals surface area contributed by atoms with Crippen LogP contribution in [0.15, 0.2) is 24.3 Å². The van der Waals surface area contributed by atoms with Gasteiger partial charge in [-0.15, -0.1) is 0 Å². The molecule has 1 aromatic carbocycles. The molecular formula is C17H25N3O2. The molecule has 1 fully saturated rings. The Bertz CT molecular complexity index is 521. The van der Waals surface area contributed by atoms with Gasteiger partial charge in [0.05, 0.1) is 6.54 Å². The molecule has 0 radical (unpaired) electrons. The minimum absolute atomic E-state index is 0.254. The highest BCUT2D eigenvalue weighted by atomic mass is 16.2. The van der Waals surface area contributed by atoms with Crippen LogP contribution in [-0.4, -0.2) is 36.5 Å². The molecule has 0 atom stereocenters. The Labute approximate surface area is 132 Å². The molecule has 0 aromatic heterocycles. The number of imide groups is 1. The number of carbonyl (C=O) groups is 2. The van der Waals surface area contributed by atoms with Crippen molar-refractivity contribution in [1.82, 2.24) is 15.5 Å². The van der Waals surface area contributed by atoms with Crippen molar-refractivity contribution in [3.8, 4) is 0 Å². The number of nitrogens with one attached hydrogen (secondary N) is 2. The molecule has 2 N–H and O–H groups in total. The van der Waals surface area contributed by atoms with Gasteiger partial charge in [0, 0.05) is 19.6 Å². The second-order valence-corrected chi connectivity index (χ2v) is 6.16. The molecule has 1 aliphatic carbocycles. The number of nitrogens with zero attached hydrogens (tertiary/aromatic N) is 1. The van der Waals surface area contributed by atoms with Crippen LogP contribution in [-0.2, 0) is 11.3 Å². The summed E-state index contributed by atoms with van der Waals surface area (Å²) in [5.74, 6) is 0.261. The molecule has 1 aromatic rings. The van der Waals surface area contributed by atoms with Crippen LogP contribution < -0.4 is 10.6 Å². The third-order valence-electron chi connectivity index (χ3n) is 3.92. The highest BCUT2D eigenvalue weighted by molar-refractivity contribution is 5.95. The molecule has 0 saturated heterocycles. The predicted molar refractivity (Wildman–Crippen MR) is 86.6 cm³/mol. The van der Waals surface area contributed by atoms with Crippen molar-refractivity contribution >= 4 is 11.9 Å². The summed E-state index contributed by atoms with van der Waals surface area (Å²) in [5.41, 5.74) is 2.52. The summed E-state index contributed by atoms with van der Waals surface area (Å²) in [5, 5.41) is 4.71. The Balaban J connectivity index is 1.94. The van der Waals surface area contributed by atoms with Crippen molar-refractivity contribution in [3.05, 3.63) is 35.4 Å². The number of rotatable bonds is 6. The summed E-state index contributed by atoms with van der Waals surface area (Å²) in [4.78, 5) is 25.2. The average molecular weight is 303 g/mol. The first-order valence-corrected chi connectivity index (χ1v) is 7.84. The molecule has 1 aliphatic rings. The molecule has 3 amide bonds. The lowest BCUT2D eigenvalue weighted by molar-refractivity contribution is -0.121. The highest BCUT2D eigenvalue weighted by Gasteiger charge is 2.30. The maximum atomic E-state index is 11.9. The fourth-order valence-electron chi connectivity index (χ4n) is 2.41. The van der Waals surface area contributed by atoms with Crippen LogP contribution in [0.3, 0.4) is 0 Å². The van der Waals surface area contributed by atoms with E-state index in [1.807, 2.05) is 0 Å². The molecule has 0 spiro atoms. The number of urea groups is 1. The molecule has 5 heteroatoms. The van der Waals surface area contributed by atoms with Gasteiger partial charge in [-0.2, -0.15) is 0 Å². The number of benzene rings is 1. The van der Waals surface area contributed by atoms with E-state index in [1.54, 1.807) is 0 Å². The number of amides is 3. The highest BCUT2D eigenvalue weighted by Crippen LogP contribution is 2.28. The van der Waals surface area contributed by atoms with Crippen molar-refractivity contribution in [2.45, 2.75) is 45.2 Å². The first kappa shape index (κ1) is 16.5.